The monoisotopic (exact) mass is 790 g/mol. The van der Waals surface area contributed by atoms with Gasteiger partial charge in [-0.05, 0) is 81.1 Å². The number of aromatic nitrogens is 2. The first kappa shape index (κ1) is 41.8. The van der Waals surface area contributed by atoms with Crippen molar-refractivity contribution >= 4 is 34.4 Å². The molecule has 1 aromatic carbocycles. The normalized spacial score (nSPS) is 25.1. The number of nitrogens with zero attached hydrogens (tertiary/aromatic N) is 5. The predicted octanol–water partition coefficient (Wildman–Crippen LogP) is 2.76. The van der Waals surface area contributed by atoms with Gasteiger partial charge in [0.1, 0.15) is 24.5 Å². The number of carbonyl (C=O) groups excluding carboxylic acids is 3. The van der Waals surface area contributed by atoms with E-state index in [-0.39, 0.29) is 55.6 Å². The first-order valence-electron chi connectivity index (χ1n) is 19.9. The molecule has 17 heteroatoms. The number of nitrogens with two attached hydrogens (primary N) is 1. The summed E-state index contributed by atoms with van der Waals surface area (Å²) in [5.41, 5.74) is 4.66. The maximum Gasteiger partial charge on any atom is 0.416 e. The van der Waals surface area contributed by atoms with E-state index in [1.54, 1.807) is 0 Å². The third-order valence-electron chi connectivity index (χ3n) is 11.6. The average Bonchev–Trinajstić information content (AvgIpc) is 3.83. The second kappa shape index (κ2) is 17.4. The fourth-order valence-electron chi connectivity index (χ4n) is 8.56. The molecule has 4 saturated heterocycles. The van der Waals surface area contributed by atoms with Crippen molar-refractivity contribution in [1.82, 2.24) is 30.4 Å². The highest BCUT2D eigenvalue weighted by Gasteiger charge is 2.44. The van der Waals surface area contributed by atoms with Crippen LogP contribution in [0.4, 0.5) is 19.0 Å². The number of amides is 3. The van der Waals surface area contributed by atoms with E-state index in [0.29, 0.717) is 48.9 Å². The SMILES string of the molecule is Cc1cc2nc(OC[C@@H]3CCCN3CCCOCCC(=O)N[C@H](C(=O)N3C[C@H](O)C[C@H]3C(N)=O)C(C)(C)C)nc(N3CCC4CNC(C4)C3)c2cc1C(F)(F)F. The van der Waals surface area contributed by atoms with E-state index in [1.807, 2.05) is 20.8 Å². The molecule has 1 aromatic heterocycles. The Balaban J connectivity index is 0.998. The van der Waals surface area contributed by atoms with Crippen LogP contribution in [0, 0.1) is 18.3 Å². The number of aliphatic hydroxyl groups is 1. The highest BCUT2D eigenvalue weighted by molar-refractivity contribution is 5.93. The van der Waals surface area contributed by atoms with Crippen molar-refractivity contribution in [3.05, 3.63) is 23.3 Å². The first-order valence-corrected chi connectivity index (χ1v) is 19.9. The van der Waals surface area contributed by atoms with Crippen LogP contribution in [0.15, 0.2) is 12.1 Å². The largest absolute Gasteiger partial charge is 0.462 e. The summed E-state index contributed by atoms with van der Waals surface area (Å²) < 4.78 is 53.9. The number of ether oxygens (including phenoxy) is 2. The zero-order valence-corrected chi connectivity index (χ0v) is 32.9. The van der Waals surface area contributed by atoms with Crippen molar-refractivity contribution in [3.63, 3.8) is 0 Å². The molecule has 2 unspecified atom stereocenters. The van der Waals surface area contributed by atoms with E-state index in [1.165, 1.54) is 24.0 Å². The molecule has 5 heterocycles. The van der Waals surface area contributed by atoms with Crippen LogP contribution in [0.3, 0.4) is 0 Å². The van der Waals surface area contributed by atoms with Gasteiger partial charge >= 0.3 is 12.2 Å². The van der Waals surface area contributed by atoms with Gasteiger partial charge in [0.25, 0.3) is 0 Å². The Morgan fingerprint density at radius 3 is 2.61 bits per heavy atom. The molecule has 14 nitrogen and oxygen atoms in total. The predicted molar refractivity (Wildman–Crippen MR) is 203 cm³/mol. The molecule has 5 N–H and O–H groups in total. The van der Waals surface area contributed by atoms with Crippen LogP contribution in [-0.2, 0) is 25.3 Å². The molecule has 6 rings (SSSR count). The molecule has 56 heavy (non-hydrogen) atoms. The first-order chi connectivity index (χ1) is 26.5. The lowest BCUT2D eigenvalue weighted by Crippen LogP contribution is -2.57. The van der Waals surface area contributed by atoms with E-state index >= 15 is 0 Å². The molecule has 2 aromatic rings. The number of hydrogen-bond donors (Lipinski definition) is 4. The van der Waals surface area contributed by atoms with Crippen molar-refractivity contribution in [1.29, 1.82) is 0 Å². The lowest BCUT2D eigenvalue weighted by Gasteiger charge is -2.35. The molecule has 2 bridgehead atoms. The highest BCUT2D eigenvalue weighted by Crippen LogP contribution is 2.38. The lowest BCUT2D eigenvalue weighted by atomic mass is 9.85. The summed E-state index contributed by atoms with van der Waals surface area (Å²) in [4.78, 5) is 53.2. The Morgan fingerprint density at radius 1 is 1.09 bits per heavy atom. The van der Waals surface area contributed by atoms with Gasteiger partial charge in [0.15, 0.2) is 0 Å². The van der Waals surface area contributed by atoms with E-state index in [4.69, 9.17) is 20.2 Å². The number of rotatable bonds is 14. The minimum atomic E-state index is -4.49. The number of aryl methyl sites for hydroxylation is 1. The summed E-state index contributed by atoms with van der Waals surface area (Å²) in [6, 6.07) is 1.33. The van der Waals surface area contributed by atoms with E-state index in [0.717, 1.165) is 51.7 Å². The van der Waals surface area contributed by atoms with Crippen LogP contribution in [0.25, 0.3) is 10.9 Å². The number of β-amino-alcohol motifs (C(OH)–C–C–N with tert-alkyl or cyclic N) is 1. The van der Waals surface area contributed by atoms with Gasteiger partial charge in [-0.3, -0.25) is 19.3 Å². The summed E-state index contributed by atoms with van der Waals surface area (Å²) in [6.45, 7) is 11.7. The van der Waals surface area contributed by atoms with Crippen molar-refractivity contribution in [2.24, 2.45) is 17.1 Å². The molecule has 4 aliphatic rings. The number of halogens is 3. The van der Waals surface area contributed by atoms with E-state index in [9.17, 15) is 32.7 Å². The lowest BCUT2D eigenvalue weighted by molar-refractivity contribution is -0.143. The third kappa shape index (κ3) is 10.0. The summed E-state index contributed by atoms with van der Waals surface area (Å²) in [5, 5.41) is 16.8. The topological polar surface area (TPSA) is 175 Å². The quantitative estimate of drug-likeness (QED) is 0.207. The zero-order valence-electron chi connectivity index (χ0n) is 32.9. The van der Waals surface area contributed by atoms with Crippen LogP contribution in [0.5, 0.6) is 6.01 Å². The number of benzene rings is 1. The Bertz CT molecular complexity index is 1740. The summed E-state index contributed by atoms with van der Waals surface area (Å²) in [5.74, 6) is -0.498. The van der Waals surface area contributed by atoms with Gasteiger partial charge in [0.2, 0.25) is 17.7 Å². The van der Waals surface area contributed by atoms with E-state index < -0.39 is 47.2 Å². The maximum atomic E-state index is 14.0. The Hall–Kier alpha value is -3.80. The van der Waals surface area contributed by atoms with Gasteiger partial charge < -0.3 is 40.7 Å². The number of likely N-dealkylation sites (tertiary alicyclic amines) is 2. The molecule has 0 spiro atoms. The van der Waals surface area contributed by atoms with Gasteiger partial charge in [-0.1, -0.05) is 20.8 Å². The van der Waals surface area contributed by atoms with Crippen LogP contribution in [0.1, 0.15) is 76.8 Å². The fraction of sp³-hybridized carbons (Fsp3) is 0.718. The van der Waals surface area contributed by atoms with Crippen molar-refractivity contribution < 1.29 is 42.1 Å². The molecule has 3 amide bonds. The van der Waals surface area contributed by atoms with Gasteiger partial charge in [-0.15, -0.1) is 0 Å². The fourth-order valence-corrected chi connectivity index (χ4v) is 8.56. The number of aliphatic hydroxyl groups excluding tert-OH is 1. The van der Waals surface area contributed by atoms with Crippen LogP contribution in [-0.4, -0.2) is 132 Å². The second-order valence-electron chi connectivity index (χ2n) is 17.0. The molecule has 6 atom stereocenters. The minimum Gasteiger partial charge on any atom is -0.462 e. The number of nitrogens with one attached hydrogen (secondary N) is 2. The second-order valence-corrected chi connectivity index (χ2v) is 17.0. The molecule has 0 aliphatic carbocycles. The average molecular weight is 791 g/mol. The van der Waals surface area contributed by atoms with Gasteiger partial charge in [0, 0.05) is 63.1 Å². The summed E-state index contributed by atoms with van der Waals surface area (Å²) in [6.07, 6.45) is -0.637. The van der Waals surface area contributed by atoms with Gasteiger partial charge in [0.05, 0.1) is 23.8 Å². The van der Waals surface area contributed by atoms with Crippen LogP contribution in [0.2, 0.25) is 0 Å². The van der Waals surface area contributed by atoms with E-state index in [2.05, 4.69) is 25.4 Å². The number of alkyl halides is 3. The molecule has 0 radical (unpaired) electrons. The third-order valence-corrected chi connectivity index (χ3v) is 11.6. The number of primary amides is 1. The zero-order chi connectivity index (χ0) is 40.4. The minimum absolute atomic E-state index is 0.0214. The Kier molecular flexibility index (Phi) is 13.0. The number of fused-ring (bicyclic) bond motifs is 3. The molecule has 4 fully saturated rings. The molecule has 0 saturated carbocycles. The smallest absolute Gasteiger partial charge is 0.416 e. The Labute approximate surface area is 326 Å². The molecule has 310 valence electrons. The van der Waals surface area contributed by atoms with Crippen molar-refractivity contribution in [2.75, 3.05) is 64.0 Å². The highest BCUT2D eigenvalue weighted by atomic mass is 19.4. The Morgan fingerprint density at radius 2 is 1.88 bits per heavy atom. The van der Waals surface area contributed by atoms with Gasteiger partial charge in [-0.2, -0.15) is 23.1 Å². The van der Waals surface area contributed by atoms with Crippen LogP contribution < -0.4 is 26.0 Å². The number of carbonyl (C=O) groups is 3. The number of anilines is 1. The molecular formula is C39H57F3N8O6. The molecular weight excluding hydrogens is 733 g/mol. The standard InChI is InChI=1S/C39H57F3N8O6/c1-23-15-30-28(18-29(23)39(40,41)42)35(49-12-8-24-16-25(20-49)44-19-24)47-37(45-30)56-22-26-7-5-10-48(26)11-6-13-55-14-9-32(52)46-33(38(2,3)4)36(54)50-21-27(51)17-31(50)34(43)53/h15,18,24-27,31,33,44,51H,5-14,16-17,19-22H2,1-4H3,(H2,43,53)(H,46,52)/t24?,25?,26-,27+,31-,33+/m0/s1. The summed E-state index contributed by atoms with van der Waals surface area (Å²) >= 11 is 0. The van der Waals surface area contributed by atoms with Crippen molar-refractivity contribution in [2.45, 2.75) is 109 Å². The van der Waals surface area contributed by atoms with Gasteiger partial charge in [-0.25, -0.2) is 0 Å². The van der Waals surface area contributed by atoms with Crippen LogP contribution >= 0.6 is 0 Å². The maximum absolute atomic E-state index is 14.0. The summed E-state index contributed by atoms with van der Waals surface area (Å²) in [7, 11) is 0. The molecule has 4 aliphatic heterocycles. The number of hydrogen-bond acceptors (Lipinski definition) is 11. The van der Waals surface area contributed by atoms with Crippen molar-refractivity contribution in [3.8, 4) is 6.01 Å².